The van der Waals surface area contributed by atoms with E-state index in [1.807, 2.05) is 72.8 Å². The van der Waals surface area contributed by atoms with Gasteiger partial charge in [0.2, 0.25) is 4.34 Å². The number of hydrogen-bond acceptors (Lipinski definition) is 8. The summed E-state index contributed by atoms with van der Waals surface area (Å²) in [5, 5.41) is 1.43. The Kier molecular flexibility index (Phi) is 5.92. The van der Waals surface area contributed by atoms with Gasteiger partial charge < -0.3 is 9.47 Å². The zero-order chi connectivity index (χ0) is 23.8. The van der Waals surface area contributed by atoms with Crippen LogP contribution in [0.4, 0.5) is 0 Å². The number of nitrogens with one attached hydrogen (secondary N) is 1. The summed E-state index contributed by atoms with van der Waals surface area (Å²) in [6.45, 7) is -0.0689. The van der Waals surface area contributed by atoms with Crippen LogP contribution in [-0.2, 0) is 30.0 Å². The lowest BCUT2D eigenvalue weighted by Gasteiger charge is -2.37. The quantitative estimate of drug-likeness (QED) is 0.410. The van der Waals surface area contributed by atoms with Gasteiger partial charge in [0.25, 0.3) is 10.0 Å². The molecule has 1 saturated heterocycles. The predicted octanol–water partition coefficient (Wildman–Crippen LogP) is 3.26. The summed E-state index contributed by atoms with van der Waals surface area (Å²) in [5.74, 6) is -0.599. The Labute approximate surface area is 200 Å². The maximum Gasteiger partial charge on any atom is 0.336 e. The van der Waals surface area contributed by atoms with Crippen LogP contribution in [0, 0.1) is 0 Å². The van der Waals surface area contributed by atoms with Gasteiger partial charge in [-0.3, -0.25) is 0 Å². The van der Waals surface area contributed by atoms with Crippen LogP contribution in [0.2, 0.25) is 0 Å². The maximum atomic E-state index is 13.5. The number of fused-ring (bicyclic) bond motifs is 1. The van der Waals surface area contributed by atoms with Gasteiger partial charge in [0.15, 0.2) is 11.8 Å². The molecule has 10 heteroatoms. The number of carbonyl (C=O) groups is 1. The SMILES string of the molecule is COC(=O)C1CN(NS(=O)(=O)c2nc3ccccc3s2)C(c2ccccc2)(c2ccccc2)O1. The van der Waals surface area contributed by atoms with Crippen LogP contribution in [0.25, 0.3) is 10.2 Å². The van der Waals surface area contributed by atoms with Crippen LogP contribution >= 0.6 is 11.3 Å². The molecule has 8 nitrogen and oxygen atoms in total. The second-order valence-electron chi connectivity index (χ2n) is 7.66. The molecular formula is C24H21N3O5S2. The van der Waals surface area contributed by atoms with E-state index in [9.17, 15) is 13.2 Å². The lowest BCUT2D eigenvalue weighted by molar-refractivity contribution is -0.159. The third kappa shape index (κ3) is 3.89. The number of aromatic nitrogens is 1. The number of thiazole rings is 1. The highest BCUT2D eigenvalue weighted by Crippen LogP contribution is 2.42. The van der Waals surface area contributed by atoms with E-state index in [1.165, 1.54) is 12.1 Å². The van der Waals surface area contributed by atoms with E-state index in [2.05, 4.69) is 9.82 Å². The molecule has 174 valence electrons. The Balaban J connectivity index is 1.63. The van der Waals surface area contributed by atoms with Crippen molar-refractivity contribution in [3.05, 3.63) is 96.1 Å². The minimum absolute atomic E-state index is 0.0689. The lowest BCUT2D eigenvalue weighted by atomic mass is 9.94. The highest BCUT2D eigenvalue weighted by atomic mass is 32.2. The molecule has 1 N–H and O–H groups in total. The number of hydrazine groups is 1. The summed E-state index contributed by atoms with van der Waals surface area (Å²) in [5.41, 5.74) is 0.486. The number of rotatable bonds is 6. The van der Waals surface area contributed by atoms with Gasteiger partial charge in [0, 0.05) is 11.1 Å². The van der Waals surface area contributed by atoms with E-state index in [-0.39, 0.29) is 10.9 Å². The maximum absolute atomic E-state index is 13.5. The van der Waals surface area contributed by atoms with Gasteiger partial charge in [0.1, 0.15) is 0 Å². The van der Waals surface area contributed by atoms with Gasteiger partial charge >= 0.3 is 5.97 Å². The standard InChI is InChI=1S/C24H21N3O5S2/c1-31-22(28)20-16-27(26-34(29,30)23-25-19-14-8-9-15-21(19)33-23)24(32-20,17-10-4-2-5-11-17)18-12-6-3-7-13-18/h2-15,20,26H,16H2,1H3. The second kappa shape index (κ2) is 8.90. The molecule has 0 bridgehead atoms. The fourth-order valence-electron chi connectivity index (χ4n) is 4.05. The van der Waals surface area contributed by atoms with E-state index in [1.54, 1.807) is 12.1 Å². The van der Waals surface area contributed by atoms with Crippen molar-refractivity contribution in [3.63, 3.8) is 0 Å². The summed E-state index contributed by atoms with van der Waals surface area (Å²) in [6.07, 6.45) is -1.02. The Morgan fingerprint density at radius 2 is 1.62 bits per heavy atom. The number of sulfonamides is 1. The van der Waals surface area contributed by atoms with Crippen LogP contribution in [-0.4, -0.2) is 44.1 Å². The molecular weight excluding hydrogens is 474 g/mol. The van der Waals surface area contributed by atoms with Gasteiger partial charge in [-0.1, -0.05) is 72.8 Å². The van der Waals surface area contributed by atoms with Crippen LogP contribution in [0.15, 0.2) is 89.3 Å². The molecule has 1 aromatic heterocycles. The first kappa shape index (κ1) is 22.6. The first-order chi connectivity index (χ1) is 16.4. The molecule has 34 heavy (non-hydrogen) atoms. The third-order valence-corrected chi connectivity index (χ3v) is 8.32. The van der Waals surface area contributed by atoms with Crippen molar-refractivity contribution in [2.45, 2.75) is 16.2 Å². The Bertz CT molecular complexity index is 1350. The Hall–Kier alpha value is -3.15. The molecule has 1 aliphatic rings. The Morgan fingerprint density at radius 1 is 1.03 bits per heavy atom. The van der Waals surface area contributed by atoms with Gasteiger partial charge in [-0.15, -0.1) is 16.2 Å². The third-order valence-electron chi connectivity index (χ3n) is 5.57. The van der Waals surface area contributed by atoms with Crippen molar-refractivity contribution in [2.75, 3.05) is 13.7 Å². The molecule has 2 heterocycles. The average Bonchev–Trinajstić information content (AvgIpc) is 3.48. The number of carbonyl (C=O) groups excluding carboxylic acids is 1. The molecule has 1 fully saturated rings. The molecule has 5 rings (SSSR count). The van der Waals surface area contributed by atoms with Gasteiger partial charge in [-0.25, -0.2) is 18.2 Å². The first-order valence-electron chi connectivity index (χ1n) is 10.5. The summed E-state index contributed by atoms with van der Waals surface area (Å²) >= 11 is 1.07. The zero-order valence-corrected chi connectivity index (χ0v) is 19.8. The summed E-state index contributed by atoms with van der Waals surface area (Å²) in [7, 11) is -2.83. The molecule has 0 aliphatic carbocycles. The highest BCUT2D eigenvalue weighted by molar-refractivity contribution is 7.91. The number of hydrogen-bond donors (Lipinski definition) is 1. The van der Waals surface area contributed by atoms with E-state index in [4.69, 9.17) is 9.47 Å². The van der Waals surface area contributed by atoms with Crippen LogP contribution in [0.1, 0.15) is 11.1 Å². The first-order valence-corrected chi connectivity index (χ1v) is 12.8. The second-order valence-corrected chi connectivity index (χ2v) is 10.5. The van der Waals surface area contributed by atoms with Crippen molar-refractivity contribution in [3.8, 4) is 0 Å². The van der Waals surface area contributed by atoms with Gasteiger partial charge in [0.05, 0.1) is 23.9 Å². The van der Waals surface area contributed by atoms with Crippen LogP contribution in [0.3, 0.4) is 0 Å². The Morgan fingerprint density at radius 3 is 2.21 bits per heavy atom. The number of ether oxygens (including phenoxy) is 2. The summed E-state index contributed by atoms with van der Waals surface area (Å²) < 4.78 is 38.9. The van der Waals surface area contributed by atoms with Crippen LogP contribution < -0.4 is 4.83 Å². The monoisotopic (exact) mass is 495 g/mol. The van der Waals surface area contributed by atoms with E-state index < -0.39 is 27.8 Å². The smallest absolute Gasteiger partial charge is 0.336 e. The molecule has 4 aromatic rings. The van der Waals surface area contributed by atoms with Gasteiger partial charge in [-0.2, -0.15) is 5.01 Å². The summed E-state index contributed by atoms with van der Waals surface area (Å²) in [6, 6.07) is 25.5. The topological polar surface area (TPSA) is 97.8 Å². The van der Waals surface area contributed by atoms with E-state index in [0.717, 1.165) is 16.0 Å². The number of nitrogens with zero attached hydrogens (tertiary/aromatic N) is 2. The minimum atomic E-state index is -4.10. The van der Waals surface area contributed by atoms with Crippen molar-refractivity contribution in [1.82, 2.24) is 14.8 Å². The van der Waals surface area contributed by atoms with Crippen molar-refractivity contribution in [2.24, 2.45) is 0 Å². The van der Waals surface area contributed by atoms with Crippen molar-refractivity contribution < 1.29 is 22.7 Å². The molecule has 3 aromatic carbocycles. The molecule has 1 aliphatic heterocycles. The van der Waals surface area contributed by atoms with Crippen molar-refractivity contribution in [1.29, 1.82) is 0 Å². The fourth-order valence-corrected chi connectivity index (χ4v) is 6.36. The molecule has 0 radical (unpaired) electrons. The molecule has 1 atom stereocenters. The fraction of sp³-hybridized carbons (Fsp3) is 0.167. The van der Waals surface area contributed by atoms with Gasteiger partial charge in [-0.05, 0) is 12.1 Å². The average molecular weight is 496 g/mol. The van der Waals surface area contributed by atoms with E-state index in [0.29, 0.717) is 16.6 Å². The number of para-hydroxylation sites is 1. The number of methoxy groups -OCH3 is 1. The van der Waals surface area contributed by atoms with Crippen molar-refractivity contribution >= 4 is 37.5 Å². The predicted molar refractivity (Wildman–Crippen MR) is 127 cm³/mol. The number of esters is 1. The largest absolute Gasteiger partial charge is 0.467 e. The van der Waals surface area contributed by atoms with E-state index >= 15 is 0 Å². The zero-order valence-electron chi connectivity index (χ0n) is 18.1. The molecule has 0 spiro atoms. The lowest BCUT2D eigenvalue weighted by Crippen LogP contribution is -2.52. The molecule has 1 unspecified atom stereocenters. The van der Waals surface area contributed by atoms with Crippen LogP contribution in [0.5, 0.6) is 0 Å². The number of benzene rings is 3. The minimum Gasteiger partial charge on any atom is -0.467 e. The molecule has 0 amide bonds. The highest BCUT2D eigenvalue weighted by Gasteiger charge is 2.53. The normalized spacial score (nSPS) is 18.2. The molecule has 0 saturated carbocycles. The summed E-state index contributed by atoms with van der Waals surface area (Å²) in [4.78, 5) is 19.5.